The zero-order valence-corrected chi connectivity index (χ0v) is 20.6. The number of para-hydroxylation sites is 1. The zero-order valence-electron chi connectivity index (χ0n) is 20.6. The lowest BCUT2D eigenvalue weighted by Gasteiger charge is -2.35. The Balaban J connectivity index is 1.78. The van der Waals surface area contributed by atoms with Gasteiger partial charge in [0.05, 0.1) is 5.52 Å². The highest BCUT2D eigenvalue weighted by atomic mass is 16.7. The average molecular weight is 486 g/mol. The second kappa shape index (κ2) is 8.78. The molecule has 0 saturated carbocycles. The van der Waals surface area contributed by atoms with Gasteiger partial charge in [-0.25, -0.2) is 9.30 Å². The van der Waals surface area contributed by atoms with Gasteiger partial charge in [-0.15, -0.1) is 0 Å². The van der Waals surface area contributed by atoms with Crippen molar-refractivity contribution in [3.63, 3.8) is 0 Å². The molecule has 184 valence electrons. The Morgan fingerprint density at radius 3 is 2.36 bits per heavy atom. The van der Waals surface area contributed by atoms with Crippen LogP contribution in [0, 0.1) is 25.0 Å². The molecule has 0 bridgehead atoms. The van der Waals surface area contributed by atoms with Crippen molar-refractivity contribution >= 4 is 22.8 Å². The number of rotatable bonds is 5. The van der Waals surface area contributed by atoms with Crippen LogP contribution in [0.25, 0.3) is 10.9 Å². The second-order valence-corrected chi connectivity index (χ2v) is 9.51. The molecule has 3 heterocycles. The number of nitrogens with zero attached hydrogens (tertiary/aromatic N) is 3. The Morgan fingerprint density at radius 2 is 1.67 bits per heavy atom. The van der Waals surface area contributed by atoms with Crippen molar-refractivity contribution in [1.82, 2.24) is 9.55 Å². The number of benzene rings is 2. The Labute approximate surface area is 208 Å². The first kappa shape index (κ1) is 23.5. The number of aromatic nitrogens is 3. The van der Waals surface area contributed by atoms with E-state index in [1.807, 2.05) is 66.1 Å². The monoisotopic (exact) mass is 485 g/mol. The molecule has 0 N–H and O–H groups in total. The minimum atomic E-state index is -1.39. The van der Waals surface area contributed by atoms with Gasteiger partial charge in [0.15, 0.2) is 5.92 Å². The number of carbonyl (C=O) groups excluding carboxylic acids is 2. The second-order valence-electron chi connectivity index (χ2n) is 9.51. The quantitative estimate of drug-likeness (QED) is 0.184. The van der Waals surface area contributed by atoms with Gasteiger partial charge < -0.3 is 14.7 Å². The summed E-state index contributed by atoms with van der Waals surface area (Å²) in [6.07, 6.45) is 1.65. The van der Waals surface area contributed by atoms with Crippen LogP contribution in [0.2, 0.25) is 0 Å². The van der Waals surface area contributed by atoms with Crippen LogP contribution >= 0.6 is 0 Å². The minimum absolute atomic E-state index is 0.255. The van der Waals surface area contributed by atoms with Crippen LogP contribution in [0.1, 0.15) is 48.1 Å². The molecule has 8 heteroatoms. The van der Waals surface area contributed by atoms with E-state index in [1.54, 1.807) is 19.2 Å². The lowest BCUT2D eigenvalue weighted by molar-refractivity contribution is -0.621. The van der Waals surface area contributed by atoms with Gasteiger partial charge in [0, 0.05) is 39.3 Å². The number of pyridine rings is 1. The van der Waals surface area contributed by atoms with Gasteiger partial charge in [0.1, 0.15) is 23.9 Å². The third-order valence-electron chi connectivity index (χ3n) is 6.71. The van der Waals surface area contributed by atoms with Crippen LogP contribution in [0.4, 0.5) is 0 Å². The highest BCUT2D eigenvalue weighted by Crippen LogP contribution is 2.40. The molecule has 36 heavy (non-hydrogen) atoms. The Morgan fingerprint density at radius 1 is 1.00 bits per heavy atom. The highest BCUT2D eigenvalue weighted by Gasteiger charge is 2.52. The summed E-state index contributed by atoms with van der Waals surface area (Å²) in [7, 11) is 0. The van der Waals surface area contributed by atoms with Crippen LogP contribution in [0.15, 0.2) is 66.9 Å². The van der Waals surface area contributed by atoms with Crippen molar-refractivity contribution in [1.29, 1.82) is 0 Å². The number of imidazole rings is 1. The number of cyclic esters (lactones) is 2. The average Bonchev–Trinajstić information content (AvgIpc) is 3.04. The number of hydrogen-bond acceptors (Lipinski definition) is 6. The van der Waals surface area contributed by atoms with E-state index >= 15 is 0 Å². The van der Waals surface area contributed by atoms with E-state index < -0.39 is 29.6 Å². The van der Waals surface area contributed by atoms with Crippen LogP contribution in [-0.2, 0) is 25.6 Å². The molecule has 0 amide bonds. The van der Waals surface area contributed by atoms with E-state index in [0.29, 0.717) is 23.3 Å². The molecule has 1 atom stereocenters. The normalized spacial score (nSPS) is 16.6. The third-order valence-corrected chi connectivity index (χ3v) is 6.71. The van der Waals surface area contributed by atoms with Gasteiger partial charge in [-0.2, -0.15) is 0 Å². The molecular formula is C28H27N3O5. The number of esters is 2. The van der Waals surface area contributed by atoms with Crippen LogP contribution in [0.5, 0.6) is 0 Å². The summed E-state index contributed by atoms with van der Waals surface area (Å²) in [5.41, 5.74) is 3.36. The summed E-state index contributed by atoms with van der Waals surface area (Å²) >= 11 is 0. The molecule has 8 nitrogen and oxygen atoms in total. The minimum Gasteiger partial charge on any atom is -0.711 e. The van der Waals surface area contributed by atoms with Crippen LogP contribution in [0.3, 0.4) is 0 Å². The first-order valence-electron chi connectivity index (χ1n) is 11.8. The fraction of sp³-hybridized carbons (Fsp3) is 0.286. The third kappa shape index (κ3) is 3.98. The van der Waals surface area contributed by atoms with Gasteiger partial charge in [-0.3, -0.25) is 14.6 Å². The standard InChI is InChI=1S/C28H27N3O5/c1-17-18(2)31(34)25(30(17)16-19-10-6-5-7-11-19)22(23-26(32)35-28(3,4)36-27(23)33)21-14-8-12-20-13-9-15-29-24(20)21/h5-15,22-23H,16H2,1-4H3. The predicted molar refractivity (Wildman–Crippen MR) is 132 cm³/mol. The van der Waals surface area contributed by atoms with Gasteiger partial charge in [-0.1, -0.05) is 54.6 Å². The van der Waals surface area contributed by atoms with Crippen molar-refractivity contribution in [2.45, 2.75) is 45.9 Å². The molecule has 5 rings (SSSR count). The van der Waals surface area contributed by atoms with Crippen molar-refractivity contribution < 1.29 is 23.8 Å². The molecule has 2 aromatic carbocycles. The highest BCUT2D eigenvalue weighted by molar-refractivity contribution is 5.99. The van der Waals surface area contributed by atoms with Crippen LogP contribution in [-0.4, -0.2) is 27.3 Å². The number of hydrogen-bond donors (Lipinski definition) is 0. The van der Waals surface area contributed by atoms with Gasteiger partial charge in [0.25, 0.3) is 11.6 Å². The smallest absolute Gasteiger partial charge is 0.324 e. The summed E-state index contributed by atoms with van der Waals surface area (Å²) in [6, 6.07) is 18.9. The maximum atomic E-state index is 13.7. The lowest BCUT2D eigenvalue weighted by atomic mass is 9.83. The SMILES string of the molecule is Cc1c(C)[n+]([O-])c(C(c2cccc3cccnc23)C2C(=O)OC(C)(C)OC2=O)n1Cc1ccccc1. The topological polar surface area (TPSA) is 97.4 Å². The summed E-state index contributed by atoms with van der Waals surface area (Å²) < 4.78 is 13.7. The summed E-state index contributed by atoms with van der Waals surface area (Å²) in [5.74, 6) is -4.99. The van der Waals surface area contributed by atoms with Crippen molar-refractivity contribution in [3.05, 3.63) is 100 Å². The Hall–Kier alpha value is -4.20. The molecule has 4 aromatic rings. The number of fused-ring (bicyclic) bond motifs is 1. The van der Waals surface area contributed by atoms with E-state index in [1.165, 1.54) is 13.8 Å². The molecule has 1 aliphatic rings. The molecule has 1 unspecified atom stereocenters. The number of carbonyl (C=O) groups is 2. The maximum Gasteiger partial charge on any atom is 0.324 e. The van der Waals surface area contributed by atoms with Crippen molar-refractivity contribution in [2.75, 3.05) is 0 Å². The molecule has 0 spiro atoms. The summed E-state index contributed by atoms with van der Waals surface area (Å²) in [5, 5.41) is 14.5. The van der Waals surface area contributed by atoms with Gasteiger partial charge in [-0.05, 0) is 17.2 Å². The van der Waals surface area contributed by atoms with Gasteiger partial charge in [0.2, 0.25) is 0 Å². The fourth-order valence-electron chi connectivity index (χ4n) is 4.90. The van der Waals surface area contributed by atoms with Crippen molar-refractivity contribution in [3.8, 4) is 0 Å². The predicted octanol–water partition coefficient (Wildman–Crippen LogP) is 3.92. The molecule has 0 aliphatic carbocycles. The van der Waals surface area contributed by atoms with E-state index in [0.717, 1.165) is 21.4 Å². The molecule has 2 aromatic heterocycles. The molecule has 1 aliphatic heterocycles. The maximum absolute atomic E-state index is 13.7. The first-order valence-corrected chi connectivity index (χ1v) is 11.8. The number of ether oxygens (including phenoxy) is 2. The van der Waals surface area contributed by atoms with Gasteiger partial charge >= 0.3 is 11.9 Å². The van der Waals surface area contributed by atoms with E-state index in [4.69, 9.17) is 9.47 Å². The first-order chi connectivity index (χ1) is 17.2. The van der Waals surface area contributed by atoms with Crippen molar-refractivity contribution in [2.24, 2.45) is 5.92 Å². The fourth-order valence-corrected chi connectivity index (χ4v) is 4.90. The largest absolute Gasteiger partial charge is 0.711 e. The summed E-state index contributed by atoms with van der Waals surface area (Å²) in [4.78, 5) is 31.3. The molecule has 1 saturated heterocycles. The molecule has 1 fully saturated rings. The van der Waals surface area contributed by atoms with Crippen LogP contribution < -0.4 is 4.73 Å². The lowest BCUT2D eigenvalue weighted by Crippen LogP contribution is -2.50. The Kier molecular flexibility index (Phi) is 5.74. The zero-order chi connectivity index (χ0) is 25.6. The molecule has 0 radical (unpaired) electrons. The summed E-state index contributed by atoms with van der Waals surface area (Å²) in [6.45, 7) is 6.98. The van der Waals surface area contributed by atoms with E-state index in [9.17, 15) is 14.8 Å². The Bertz CT molecular complexity index is 1450. The van der Waals surface area contributed by atoms with E-state index in [-0.39, 0.29) is 5.82 Å². The molecular weight excluding hydrogens is 458 g/mol. The van der Waals surface area contributed by atoms with E-state index in [2.05, 4.69) is 4.98 Å².